The Kier molecular flexibility index (Phi) is 5.93. The van der Waals surface area contributed by atoms with E-state index in [0.29, 0.717) is 5.56 Å². The minimum atomic E-state index is -3.96. The predicted molar refractivity (Wildman–Crippen MR) is 116 cm³/mol. The molecular formula is C23H25N2O5P. The minimum absolute atomic E-state index is 0.120. The zero-order valence-electron chi connectivity index (χ0n) is 17.5. The molecule has 0 N–H and O–H groups in total. The summed E-state index contributed by atoms with van der Waals surface area (Å²) in [6.07, 6.45) is 1.45. The number of nitrogens with zero attached hydrogens (tertiary/aromatic N) is 2. The van der Waals surface area contributed by atoms with E-state index >= 15 is 0 Å². The van der Waals surface area contributed by atoms with Gasteiger partial charge in [0.1, 0.15) is 0 Å². The molecule has 8 heteroatoms. The first-order chi connectivity index (χ1) is 15.0. The first-order valence-electron chi connectivity index (χ1n) is 10.4. The molecule has 2 aliphatic rings. The molecule has 2 aromatic carbocycles. The summed E-state index contributed by atoms with van der Waals surface area (Å²) in [5.74, 6) is -2.57. The van der Waals surface area contributed by atoms with Crippen LogP contribution in [0.3, 0.4) is 0 Å². The molecule has 0 aliphatic carbocycles. The van der Waals surface area contributed by atoms with Crippen molar-refractivity contribution in [3.05, 3.63) is 71.8 Å². The van der Waals surface area contributed by atoms with Gasteiger partial charge in [-0.1, -0.05) is 60.7 Å². The number of aliphatic imine (C=N–C) groups is 1. The molecule has 3 atom stereocenters. The van der Waals surface area contributed by atoms with Gasteiger partial charge in [0.2, 0.25) is 11.8 Å². The highest BCUT2D eigenvalue weighted by Gasteiger charge is 2.69. The number of hydrogen-bond acceptors (Lipinski definition) is 6. The van der Waals surface area contributed by atoms with Crippen LogP contribution in [0.15, 0.2) is 65.7 Å². The summed E-state index contributed by atoms with van der Waals surface area (Å²) in [4.78, 5) is 32.6. The average molecular weight is 440 g/mol. The van der Waals surface area contributed by atoms with Crippen LogP contribution >= 0.6 is 7.60 Å². The second-order valence-electron chi connectivity index (χ2n) is 7.46. The van der Waals surface area contributed by atoms with Crippen molar-refractivity contribution in [2.45, 2.75) is 25.7 Å². The summed E-state index contributed by atoms with van der Waals surface area (Å²) in [5, 5.41) is -1.61. The molecule has 0 spiro atoms. The lowest BCUT2D eigenvalue weighted by molar-refractivity contribution is -0.140. The van der Waals surface area contributed by atoms with Crippen LogP contribution in [0.4, 0.5) is 0 Å². The number of carbonyl (C=O) groups excluding carboxylic acids is 2. The molecule has 2 amide bonds. The molecule has 4 rings (SSSR count). The summed E-state index contributed by atoms with van der Waals surface area (Å²) in [5.41, 5.74) is 1.37. The molecule has 0 aromatic heterocycles. The molecule has 0 bridgehead atoms. The van der Waals surface area contributed by atoms with Gasteiger partial charge in [-0.25, -0.2) is 0 Å². The van der Waals surface area contributed by atoms with Gasteiger partial charge in [-0.05, 0) is 25.0 Å². The van der Waals surface area contributed by atoms with Crippen molar-refractivity contribution in [2.24, 2.45) is 16.8 Å². The number of amides is 2. The SMILES string of the molecule is CCOP(=O)(OCC)C1(c2ccccc2)N=CC2C(=O)N(Cc3ccccc3)C(=O)C21. The Balaban J connectivity index is 1.83. The molecule has 0 saturated carbocycles. The Bertz CT molecular complexity index is 1030. The first kappa shape index (κ1) is 21.6. The molecule has 162 valence electrons. The van der Waals surface area contributed by atoms with E-state index in [0.717, 1.165) is 5.56 Å². The number of imide groups is 1. The van der Waals surface area contributed by atoms with Crippen LogP contribution in [-0.4, -0.2) is 36.1 Å². The maximum absolute atomic E-state index is 14.2. The quantitative estimate of drug-likeness (QED) is 0.458. The summed E-state index contributed by atoms with van der Waals surface area (Å²) in [6, 6.07) is 18.2. The van der Waals surface area contributed by atoms with Crippen molar-refractivity contribution in [1.82, 2.24) is 4.90 Å². The van der Waals surface area contributed by atoms with Crippen LogP contribution in [0, 0.1) is 11.8 Å². The summed E-state index contributed by atoms with van der Waals surface area (Å²) in [7, 11) is -3.96. The molecule has 1 fully saturated rings. The summed E-state index contributed by atoms with van der Waals surface area (Å²) in [6.45, 7) is 3.81. The number of benzene rings is 2. The maximum Gasteiger partial charge on any atom is 0.363 e. The fourth-order valence-electron chi connectivity index (χ4n) is 4.43. The van der Waals surface area contributed by atoms with Crippen molar-refractivity contribution in [1.29, 1.82) is 0 Å². The molecule has 3 unspecified atom stereocenters. The predicted octanol–water partition coefficient (Wildman–Crippen LogP) is 3.99. The highest BCUT2D eigenvalue weighted by molar-refractivity contribution is 7.55. The lowest BCUT2D eigenvalue weighted by Gasteiger charge is -2.37. The molecule has 7 nitrogen and oxygen atoms in total. The molecule has 2 aromatic rings. The number of fused-ring (bicyclic) bond motifs is 1. The first-order valence-corrected chi connectivity index (χ1v) is 11.9. The Morgan fingerprint density at radius 2 is 1.52 bits per heavy atom. The Hall–Kier alpha value is -2.60. The van der Waals surface area contributed by atoms with Gasteiger partial charge in [0, 0.05) is 6.21 Å². The molecule has 1 saturated heterocycles. The van der Waals surface area contributed by atoms with Crippen LogP contribution in [0.25, 0.3) is 0 Å². The van der Waals surface area contributed by atoms with Gasteiger partial charge in [-0.3, -0.25) is 24.0 Å². The third-order valence-electron chi connectivity index (χ3n) is 5.71. The highest BCUT2D eigenvalue weighted by atomic mass is 31.2. The minimum Gasteiger partial charge on any atom is -0.307 e. The smallest absolute Gasteiger partial charge is 0.307 e. The van der Waals surface area contributed by atoms with Crippen LogP contribution in [0.1, 0.15) is 25.0 Å². The molecule has 0 radical (unpaired) electrons. The topological polar surface area (TPSA) is 85.3 Å². The Morgan fingerprint density at radius 3 is 2.10 bits per heavy atom. The fourth-order valence-corrected chi connectivity index (χ4v) is 6.86. The van der Waals surface area contributed by atoms with Gasteiger partial charge in [0.25, 0.3) is 0 Å². The second kappa shape index (κ2) is 8.50. The van der Waals surface area contributed by atoms with E-state index in [4.69, 9.17) is 9.05 Å². The monoisotopic (exact) mass is 440 g/mol. The van der Waals surface area contributed by atoms with Gasteiger partial charge >= 0.3 is 7.60 Å². The van der Waals surface area contributed by atoms with Crippen LogP contribution < -0.4 is 0 Å². The molecule has 31 heavy (non-hydrogen) atoms. The lowest BCUT2D eigenvalue weighted by Crippen LogP contribution is -2.39. The summed E-state index contributed by atoms with van der Waals surface area (Å²) >= 11 is 0. The number of carbonyl (C=O) groups is 2. The van der Waals surface area contributed by atoms with Crippen molar-refractivity contribution < 1.29 is 23.2 Å². The third-order valence-corrected chi connectivity index (χ3v) is 8.39. The number of likely N-dealkylation sites (tertiary alicyclic amines) is 1. The van der Waals surface area contributed by atoms with E-state index < -0.39 is 30.6 Å². The van der Waals surface area contributed by atoms with Crippen LogP contribution in [0.2, 0.25) is 0 Å². The standard InChI is InChI=1S/C23H25N2O5P/c1-3-29-31(28,30-4-2)23(18-13-9-6-10-14-18)20-19(15-24-23)21(26)25(22(20)27)16-17-11-7-5-8-12-17/h5-15,19-20H,3-4,16H2,1-2H3. The number of hydrogen-bond donors (Lipinski definition) is 0. The Labute approximate surface area is 181 Å². The fraction of sp³-hybridized carbons (Fsp3) is 0.348. The average Bonchev–Trinajstić information content (AvgIpc) is 3.29. The Morgan fingerprint density at radius 1 is 0.935 bits per heavy atom. The zero-order valence-corrected chi connectivity index (χ0v) is 18.4. The van der Waals surface area contributed by atoms with Crippen LogP contribution in [-0.2, 0) is 35.0 Å². The largest absolute Gasteiger partial charge is 0.363 e. The normalized spacial score (nSPS) is 25.3. The number of rotatable bonds is 8. The van der Waals surface area contributed by atoms with E-state index in [-0.39, 0.29) is 25.7 Å². The highest BCUT2D eigenvalue weighted by Crippen LogP contribution is 2.72. The van der Waals surface area contributed by atoms with E-state index in [1.54, 1.807) is 38.1 Å². The molecule has 2 heterocycles. The van der Waals surface area contributed by atoms with Crippen molar-refractivity contribution in [2.75, 3.05) is 13.2 Å². The van der Waals surface area contributed by atoms with Gasteiger partial charge in [-0.2, -0.15) is 0 Å². The van der Waals surface area contributed by atoms with Gasteiger partial charge < -0.3 is 9.05 Å². The van der Waals surface area contributed by atoms with E-state index in [2.05, 4.69) is 4.99 Å². The zero-order chi connectivity index (χ0) is 22.1. The van der Waals surface area contributed by atoms with E-state index in [1.165, 1.54) is 11.1 Å². The molecule has 2 aliphatic heterocycles. The van der Waals surface area contributed by atoms with Crippen molar-refractivity contribution in [3.63, 3.8) is 0 Å². The van der Waals surface area contributed by atoms with Gasteiger partial charge in [0.05, 0.1) is 31.6 Å². The lowest BCUT2D eigenvalue weighted by atomic mass is 9.87. The van der Waals surface area contributed by atoms with E-state index in [1.807, 2.05) is 36.4 Å². The van der Waals surface area contributed by atoms with Crippen LogP contribution in [0.5, 0.6) is 0 Å². The van der Waals surface area contributed by atoms with Crippen molar-refractivity contribution in [3.8, 4) is 0 Å². The van der Waals surface area contributed by atoms with Gasteiger partial charge in [-0.15, -0.1) is 0 Å². The second-order valence-corrected chi connectivity index (χ2v) is 9.65. The maximum atomic E-state index is 14.2. The van der Waals surface area contributed by atoms with E-state index in [9.17, 15) is 14.2 Å². The molecular weight excluding hydrogens is 415 g/mol. The van der Waals surface area contributed by atoms with Crippen molar-refractivity contribution >= 4 is 25.6 Å². The third kappa shape index (κ3) is 3.37. The van der Waals surface area contributed by atoms with Gasteiger partial charge in [0.15, 0.2) is 5.28 Å². The summed E-state index contributed by atoms with van der Waals surface area (Å²) < 4.78 is 25.5.